The highest BCUT2D eigenvalue weighted by atomic mass is 32.1. The molecule has 0 bridgehead atoms. The molecule has 0 saturated carbocycles. The number of hydrogen-bond acceptors (Lipinski definition) is 4. The maximum atomic E-state index is 12.5. The first-order valence-electron chi connectivity index (χ1n) is 8.70. The molecule has 25 heavy (non-hydrogen) atoms. The number of rotatable bonds is 4. The summed E-state index contributed by atoms with van der Waals surface area (Å²) in [6.45, 7) is 3.03. The van der Waals surface area contributed by atoms with E-state index in [1.165, 1.54) is 16.9 Å². The Morgan fingerprint density at radius 3 is 2.36 bits per heavy atom. The van der Waals surface area contributed by atoms with Crippen LogP contribution in [0.4, 0.5) is 0 Å². The Morgan fingerprint density at radius 1 is 1.04 bits per heavy atom. The zero-order chi connectivity index (χ0) is 17.2. The maximum absolute atomic E-state index is 12.5. The molecule has 5 nitrogen and oxygen atoms in total. The van der Waals surface area contributed by atoms with Crippen LogP contribution >= 0.6 is 11.3 Å². The van der Waals surface area contributed by atoms with Gasteiger partial charge in [-0.1, -0.05) is 30.3 Å². The lowest BCUT2D eigenvalue weighted by Crippen LogP contribution is -2.35. The van der Waals surface area contributed by atoms with E-state index in [4.69, 9.17) is 0 Å². The fraction of sp³-hybridized carbons (Fsp3) is 0.421. The summed E-state index contributed by atoms with van der Waals surface area (Å²) in [5.74, 6) is 1.07. The third-order valence-corrected chi connectivity index (χ3v) is 5.83. The minimum Gasteiger partial charge on any atom is -0.342 e. The van der Waals surface area contributed by atoms with Crippen molar-refractivity contribution in [2.24, 2.45) is 11.8 Å². The molecule has 0 spiro atoms. The van der Waals surface area contributed by atoms with Gasteiger partial charge in [0.05, 0.1) is 5.51 Å². The van der Waals surface area contributed by atoms with E-state index in [1.54, 1.807) is 10.9 Å². The Labute approximate surface area is 151 Å². The van der Waals surface area contributed by atoms with Crippen LogP contribution in [0.3, 0.4) is 0 Å². The third-order valence-electron chi connectivity index (χ3n) is 5.25. The van der Waals surface area contributed by atoms with Gasteiger partial charge in [-0.25, -0.2) is 4.98 Å². The van der Waals surface area contributed by atoms with E-state index in [-0.39, 0.29) is 11.8 Å². The van der Waals surface area contributed by atoms with Gasteiger partial charge in [0.15, 0.2) is 0 Å². The molecule has 2 aliphatic heterocycles. The van der Waals surface area contributed by atoms with Crippen molar-refractivity contribution < 1.29 is 9.59 Å². The number of hydrogen-bond donors (Lipinski definition) is 0. The molecular weight excluding hydrogens is 334 g/mol. The predicted molar refractivity (Wildman–Crippen MR) is 96.3 cm³/mol. The zero-order valence-corrected chi connectivity index (χ0v) is 14.8. The van der Waals surface area contributed by atoms with Crippen molar-refractivity contribution in [3.8, 4) is 0 Å². The largest absolute Gasteiger partial charge is 0.342 e. The number of aryl methyl sites for hydroxylation is 1. The number of nitrogens with zero attached hydrogens (tertiary/aromatic N) is 3. The lowest BCUT2D eigenvalue weighted by molar-refractivity contribution is -0.130. The highest BCUT2D eigenvalue weighted by Crippen LogP contribution is 2.32. The summed E-state index contributed by atoms with van der Waals surface area (Å²) >= 11 is 1.44. The number of thiazole rings is 1. The van der Waals surface area contributed by atoms with E-state index in [1.807, 2.05) is 28.0 Å². The molecule has 2 fully saturated rings. The molecule has 0 radical (unpaired) electrons. The SMILES string of the molecule is O=C(CCc1ccccc1)N1C[C@H]2CN(C(=O)c3cscn3)C[C@@H]2C1. The molecule has 1 aromatic carbocycles. The van der Waals surface area contributed by atoms with Gasteiger partial charge < -0.3 is 9.80 Å². The number of amides is 2. The molecule has 0 aliphatic carbocycles. The second-order valence-corrected chi connectivity index (χ2v) is 7.61. The molecule has 2 saturated heterocycles. The fourth-order valence-corrected chi connectivity index (χ4v) is 4.42. The average Bonchev–Trinajstić information content (AvgIpc) is 3.35. The molecule has 4 rings (SSSR count). The van der Waals surface area contributed by atoms with Gasteiger partial charge in [-0.15, -0.1) is 11.3 Å². The van der Waals surface area contributed by atoms with Gasteiger partial charge in [0.25, 0.3) is 5.91 Å². The number of aromatic nitrogens is 1. The molecule has 0 unspecified atom stereocenters. The molecule has 2 aromatic rings. The fourth-order valence-electron chi connectivity index (χ4n) is 3.90. The van der Waals surface area contributed by atoms with E-state index >= 15 is 0 Å². The summed E-state index contributed by atoms with van der Waals surface area (Å²) in [7, 11) is 0. The number of fused-ring (bicyclic) bond motifs is 1. The van der Waals surface area contributed by atoms with Crippen LogP contribution in [0.2, 0.25) is 0 Å². The second kappa shape index (κ2) is 6.96. The number of benzene rings is 1. The van der Waals surface area contributed by atoms with Crippen molar-refractivity contribution in [3.63, 3.8) is 0 Å². The lowest BCUT2D eigenvalue weighted by atomic mass is 10.0. The van der Waals surface area contributed by atoms with Crippen molar-refractivity contribution >= 4 is 23.2 Å². The molecule has 6 heteroatoms. The van der Waals surface area contributed by atoms with Crippen molar-refractivity contribution in [1.82, 2.24) is 14.8 Å². The van der Waals surface area contributed by atoms with Crippen LogP contribution in [0.5, 0.6) is 0 Å². The molecule has 2 amide bonds. The average molecular weight is 355 g/mol. The Bertz CT molecular complexity index is 733. The first-order chi connectivity index (χ1) is 12.2. The quantitative estimate of drug-likeness (QED) is 0.846. The first-order valence-corrected chi connectivity index (χ1v) is 9.64. The molecule has 2 atom stereocenters. The zero-order valence-electron chi connectivity index (χ0n) is 14.0. The highest BCUT2D eigenvalue weighted by Gasteiger charge is 2.43. The number of likely N-dealkylation sites (tertiary alicyclic amines) is 2. The van der Waals surface area contributed by atoms with Gasteiger partial charge >= 0.3 is 0 Å². The van der Waals surface area contributed by atoms with Crippen LogP contribution < -0.4 is 0 Å². The van der Waals surface area contributed by atoms with Crippen molar-refractivity contribution in [2.45, 2.75) is 12.8 Å². The third kappa shape index (κ3) is 3.44. The van der Waals surface area contributed by atoms with Gasteiger partial charge in [0.2, 0.25) is 5.91 Å². The van der Waals surface area contributed by atoms with Gasteiger partial charge in [-0.3, -0.25) is 9.59 Å². The van der Waals surface area contributed by atoms with E-state index in [9.17, 15) is 9.59 Å². The highest BCUT2D eigenvalue weighted by molar-refractivity contribution is 7.07. The first kappa shape index (κ1) is 16.3. The van der Waals surface area contributed by atoms with Crippen LogP contribution in [0.15, 0.2) is 41.2 Å². The minimum atomic E-state index is 0.0256. The summed E-state index contributed by atoms with van der Waals surface area (Å²) in [4.78, 5) is 32.9. The van der Waals surface area contributed by atoms with Gasteiger partial charge in [-0.2, -0.15) is 0 Å². The molecule has 130 valence electrons. The summed E-state index contributed by atoms with van der Waals surface area (Å²) in [6.07, 6.45) is 1.35. The van der Waals surface area contributed by atoms with Gasteiger partial charge in [0.1, 0.15) is 5.69 Å². The molecule has 3 heterocycles. The van der Waals surface area contributed by atoms with Gasteiger partial charge in [0, 0.05) is 49.8 Å². The smallest absolute Gasteiger partial charge is 0.273 e. The van der Waals surface area contributed by atoms with Gasteiger partial charge in [-0.05, 0) is 12.0 Å². The molecule has 0 N–H and O–H groups in total. The van der Waals surface area contributed by atoms with Crippen LogP contribution in [-0.2, 0) is 11.2 Å². The van der Waals surface area contributed by atoms with Crippen molar-refractivity contribution in [3.05, 3.63) is 52.5 Å². The van der Waals surface area contributed by atoms with Crippen LogP contribution in [0.25, 0.3) is 0 Å². The number of carbonyl (C=O) groups is 2. The Balaban J connectivity index is 1.29. The van der Waals surface area contributed by atoms with Crippen LogP contribution in [0.1, 0.15) is 22.5 Å². The van der Waals surface area contributed by atoms with Crippen LogP contribution in [-0.4, -0.2) is 52.8 Å². The Morgan fingerprint density at radius 2 is 1.72 bits per heavy atom. The summed E-state index contributed by atoms with van der Waals surface area (Å²) in [5.41, 5.74) is 3.44. The minimum absolute atomic E-state index is 0.0256. The Hall–Kier alpha value is -2.21. The molecule has 1 aromatic heterocycles. The van der Waals surface area contributed by atoms with E-state index in [2.05, 4.69) is 17.1 Å². The topological polar surface area (TPSA) is 53.5 Å². The van der Waals surface area contributed by atoms with Crippen molar-refractivity contribution in [1.29, 1.82) is 0 Å². The van der Waals surface area contributed by atoms with E-state index in [0.717, 1.165) is 32.6 Å². The van der Waals surface area contributed by atoms with Crippen molar-refractivity contribution in [2.75, 3.05) is 26.2 Å². The van der Waals surface area contributed by atoms with E-state index in [0.29, 0.717) is 24.0 Å². The second-order valence-electron chi connectivity index (χ2n) is 6.89. The number of carbonyl (C=O) groups excluding carboxylic acids is 2. The molecule has 2 aliphatic rings. The summed E-state index contributed by atoms with van der Waals surface area (Å²) < 4.78 is 0. The summed E-state index contributed by atoms with van der Waals surface area (Å²) in [6, 6.07) is 10.1. The lowest BCUT2D eigenvalue weighted by Gasteiger charge is -2.21. The molecular formula is C19H21N3O2S. The Kier molecular flexibility index (Phi) is 4.53. The van der Waals surface area contributed by atoms with Crippen LogP contribution in [0, 0.1) is 11.8 Å². The monoisotopic (exact) mass is 355 g/mol. The van der Waals surface area contributed by atoms with E-state index < -0.39 is 0 Å². The standard InChI is InChI=1S/C19H21N3O2S/c23-18(7-6-14-4-2-1-3-5-14)21-8-15-10-22(11-16(15)9-21)19(24)17-12-25-13-20-17/h1-5,12-13,15-16H,6-11H2/t15-,16-/m0/s1. The maximum Gasteiger partial charge on any atom is 0.273 e. The predicted octanol–water partition coefficient (Wildman–Crippen LogP) is 2.31. The summed E-state index contributed by atoms with van der Waals surface area (Å²) in [5, 5.41) is 1.80. The normalized spacial score (nSPS) is 22.2.